The second-order valence-electron chi connectivity index (χ2n) is 5.14. The van der Waals surface area contributed by atoms with Crippen molar-refractivity contribution in [3.8, 4) is 0 Å². The van der Waals surface area contributed by atoms with Crippen LogP contribution in [0.25, 0.3) is 0 Å². The number of hydrogen-bond donors (Lipinski definition) is 2. The van der Waals surface area contributed by atoms with Crippen molar-refractivity contribution in [3.63, 3.8) is 0 Å². The van der Waals surface area contributed by atoms with E-state index in [1.807, 2.05) is 18.2 Å². The van der Waals surface area contributed by atoms with Crippen LogP contribution in [0, 0.1) is 6.92 Å². The van der Waals surface area contributed by atoms with Crippen LogP contribution in [0.15, 0.2) is 65.4 Å². The highest BCUT2D eigenvalue weighted by Gasteiger charge is 2.09. The van der Waals surface area contributed by atoms with Crippen LogP contribution in [0.3, 0.4) is 0 Å². The number of carbonyl (C=O) groups is 1. The first-order chi connectivity index (χ1) is 11.2. The summed E-state index contributed by atoms with van der Waals surface area (Å²) in [5, 5.41) is 6.00. The number of amides is 1. The Morgan fingerprint density at radius 2 is 2.00 bits per heavy atom. The number of furan rings is 1. The Labute approximate surface area is 134 Å². The highest BCUT2D eigenvalue weighted by molar-refractivity contribution is 6.01. The summed E-state index contributed by atoms with van der Waals surface area (Å²) in [6.07, 6.45) is 3.15. The van der Waals surface area contributed by atoms with Crippen molar-refractivity contribution in [1.29, 1.82) is 0 Å². The van der Waals surface area contributed by atoms with Gasteiger partial charge in [-0.3, -0.25) is 4.79 Å². The zero-order valence-electron chi connectivity index (χ0n) is 12.7. The molecule has 2 aromatic heterocycles. The van der Waals surface area contributed by atoms with Gasteiger partial charge in [0.05, 0.1) is 18.1 Å². The predicted molar refractivity (Wildman–Crippen MR) is 89.4 cm³/mol. The summed E-state index contributed by atoms with van der Waals surface area (Å²) in [6, 6.07) is 15.1. The average molecular weight is 307 g/mol. The first-order valence-corrected chi connectivity index (χ1v) is 7.31. The minimum absolute atomic E-state index is 0.258. The van der Waals surface area contributed by atoms with Crippen molar-refractivity contribution < 1.29 is 9.21 Å². The van der Waals surface area contributed by atoms with Gasteiger partial charge in [-0.2, -0.15) is 0 Å². The molecule has 3 rings (SSSR count). The fourth-order valence-corrected chi connectivity index (χ4v) is 2.16. The van der Waals surface area contributed by atoms with Crippen molar-refractivity contribution in [2.75, 3.05) is 10.6 Å². The van der Waals surface area contributed by atoms with Crippen LogP contribution in [0.4, 0.5) is 11.5 Å². The van der Waals surface area contributed by atoms with Crippen molar-refractivity contribution in [3.05, 3.63) is 77.9 Å². The van der Waals surface area contributed by atoms with Gasteiger partial charge >= 0.3 is 0 Å². The molecule has 0 fully saturated rings. The summed E-state index contributed by atoms with van der Waals surface area (Å²) in [5.74, 6) is 0.421. The molecule has 116 valence electrons. The fraction of sp³-hybridized carbons (Fsp3) is 0.111. The summed E-state index contributed by atoms with van der Waals surface area (Å²) < 4.78 is 5.04. The van der Waals surface area contributed by atoms with E-state index in [1.165, 1.54) is 17.4 Å². The van der Waals surface area contributed by atoms with Crippen LogP contribution in [0.2, 0.25) is 0 Å². The molecule has 1 aromatic carbocycles. The van der Waals surface area contributed by atoms with Crippen LogP contribution < -0.4 is 10.6 Å². The normalized spacial score (nSPS) is 10.3. The zero-order chi connectivity index (χ0) is 16.1. The number of rotatable bonds is 5. The molecule has 3 aromatic rings. The number of anilines is 2. The molecule has 5 nitrogen and oxygen atoms in total. The number of pyridine rings is 1. The molecule has 2 N–H and O–H groups in total. The molecule has 5 heteroatoms. The van der Waals surface area contributed by atoms with Crippen LogP contribution in [-0.2, 0) is 6.54 Å². The molecule has 0 radical (unpaired) electrons. The maximum Gasteiger partial charge on any atom is 0.292 e. The number of aryl methyl sites for hydroxylation is 1. The van der Waals surface area contributed by atoms with E-state index in [0.29, 0.717) is 5.82 Å². The third kappa shape index (κ3) is 3.77. The molecule has 0 aliphatic carbocycles. The van der Waals surface area contributed by atoms with Gasteiger partial charge in [0.1, 0.15) is 5.82 Å². The van der Waals surface area contributed by atoms with E-state index in [9.17, 15) is 4.79 Å². The van der Waals surface area contributed by atoms with E-state index in [4.69, 9.17) is 4.42 Å². The highest BCUT2D eigenvalue weighted by atomic mass is 16.3. The van der Waals surface area contributed by atoms with Gasteiger partial charge in [0.25, 0.3) is 5.91 Å². The second-order valence-corrected chi connectivity index (χ2v) is 5.14. The Morgan fingerprint density at radius 1 is 1.13 bits per heavy atom. The lowest BCUT2D eigenvalue weighted by Gasteiger charge is -2.09. The van der Waals surface area contributed by atoms with Gasteiger partial charge in [-0.15, -0.1) is 0 Å². The lowest BCUT2D eigenvalue weighted by Crippen LogP contribution is -2.12. The molecular formula is C18H17N3O2. The molecule has 0 aliphatic rings. The van der Waals surface area contributed by atoms with Crippen molar-refractivity contribution in [2.24, 2.45) is 0 Å². The van der Waals surface area contributed by atoms with E-state index in [1.54, 1.807) is 24.4 Å². The molecule has 0 atom stereocenters. The maximum absolute atomic E-state index is 11.8. The summed E-state index contributed by atoms with van der Waals surface area (Å²) in [5.41, 5.74) is 3.38. The molecule has 0 spiro atoms. The molecule has 0 saturated carbocycles. The van der Waals surface area contributed by atoms with Crippen molar-refractivity contribution in [1.82, 2.24) is 4.98 Å². The molecule has 0 saturated heterocycles. The number of carbonyl (C=O) groups excluding carboxylic acids is 1. The minimum Gasteiger partial charge on any atom is -0.459 e. The molecule has 0 bridgehead atoms. The predicted octanol–water partition coefficient (Wildman–Crippen LogP) is 3.85. The Morgan fingerprint density at radius 3 is 2.70 bits per heavy atom. The smallest absolute Gasteiger partial charge is 0.292 e. The quantitative estimate of drug-likeness (QED) is 0.751. The van der Waals surface area contributed by atoms with Gasteiger partial charge in [-0.1, -0.05) is 24.3 Å². The van der Waals surface area contributed by atoms with Gasteiger partial charge in [0.2, 0.25) is 0 Å². The summed E-state index contributed by atoms with van der Waals surface area (Å²) in [7, 11) is 0. The number of nitrogens with one attached hydrogen (secondary N) is 2. The summed E-state index contributed by atoms with van der Waals surface area (Å²) in [6.45, 7) is 2.81. The zero-order valence-corrected chi connectivity index (χ0v) is 12.7. The van der Waals surface area contributed by atoms with E-state index in [2.05, 4.69) is 34.7 Å². The van der Waals surface area contributed by atoms with Crippen molar-refractivity contribution >= 4 is 17.4 Å². The fourth-order valence-electron chi connectivity index (χ4n) is 2.16. The minimum atomic E-state index is -0.317. The molecular weight excluding hydrogens is 290 g/mol. The lowest BCUT2D eigenvalue weighted by molar-refractivity contribution is 0.0996. The van der Waals surface area contributed by atoms with E-state index >= 15 is 0 Å². The second kappa shape index (κ2) is 6.79. The first-order valence-electron chi connectivity index (χ1n) is 7.31. The van der Waals surface area contributed by atoms with Gasteiger partial charge in [0.15, 0.2) is 5.76 Å². The third-order valence-electron chi connectivity index (χ3n) is 3.49. The van der Waals surface area contributed by atoms with Crippen molar-refractivity contribution in [2.45, 2.75) is 13.5 Å². The molecule has 1 amide bonds. The number of benzene rings is 1. The SMILES string of the molecule is Cc1ccccc1CNc1ccc(NC(=O)c2ccco2)nc1. The van der Waals surface area contributed by atoms with Gasteiger partial charge in [-0.25, -0.2) is 4.98 Å². The standard InChI is InChI=1S/C18H17N3O2/c1-13-5-2-3-6-14(13)11-19-15-8-9-17(20-12-15)21-18(22)16-7-4-10-23-16/h2-10,12,19H,11H2,1H3,(H,20,21,22). The topological polar surface area (TPSA) is 67.2 Å². The van der Waals surface area contributed by atoms with E-state index < -0.39 is 0 Å². The number of aromatic nitrogens is 1. The summed E-state index contributed by atoms with van der Waals surface area (Å²) in [4.78, 5) is 16.1. The molecule has 2 heterocycles. The van der Waals surface area contributed by atoms with Crippen LogP contribution in [0.5, 0.6) is 0 Å². The van der Waals surface area contributed by atoms with Crippen LogP contribution in [0.1, 0.15) is 21.7 Å². The maximum atomic E-state index is 11.8. The Balaban J connectivity index is 1.59. The van der Waals surface area contributed by atoms with Gasteiger partial charge in [0, 0.05) is 6.54 Å². The molecule has 23 heavy (non-hydrogen) atoms. The monoisotopic (exact) mass is 307 g/mol. The Bertz CT molecular complexity index is 780. The molecule has 0 unspecified atom stereocenters. The van der Waals surface area contributed by atoms with Gasteiger partial charge in [-0.05, 0) is 42.3 Å². The Kier molecular flexibility index (Phi) is 4.38. The highest BCUT2D eigenvalue weighted by Crippen LogP contribution is 2.14. The number of hydrogen-bond acceptors (Lipinski definition) is 4. The Hall–Kier alpha value is -3.08. The summed E-state index contributed by atoms with van der Waals surface area (Å²) >= 11 is 0. The van der Waals surface area contributed by atoms with E-state index in [-0.39, 0.29) is 11.7 Å². The van der Waals surface area contributed by atoms with E-state index in [0.717, 1.165) is 12.2 Å². The van der Waals surface area contributed by atoms with Gasteiger partial charge < -0.3 is 15.1 Å². The molecule has 0 aliphatic heterocycles. The number of nitrogens with zero attached hydrogens (tertiary/aromatic N) is 1. The first kappa shape index (κ1) is 14.8. The lowest BCUT2D eigenvalue weighted by atomic mass is 10.1. The van der Waals surface area contributed by atoms with Crippen LogP contribution >= 0.6 is 0 Å². The largest absolute Gasteiger partial charge is 0.459 e. The average Bonchev–Trinajstić information content (AvgIpc) is 3.10. The van der Waals surface area contributed by atoms with Crippen LogP contribution in [-0.4, -0.2) is 10.9 Å². The third-order valence-corrected chi connectivity index (χ3v) is 3.49.